The van der Waals surface area contributed by atoms with Crippen molar-refractivity contribution in [3.05, 3.63) is 0 Å². The van der Waals surface area contributed by atoms with E-state index in [1.165, 1.54) is 17.7 Å². The van der Waals surface area contributed by atoms with E-state index in [-0.39, 0.29) is 17.1 Å². The molecule has 1 aliphatic heterocycles. The average molecular weight is 257 g/mol. The monoisotopic (exact) mass is 257 g/mol. The molecule has 98 valence electrons. The van der Waals surface area contributed by atoms with Crippen LogP contribution in [0.3, 0.4) is 0 Å². The predicted molar refractivity (Wildman–Crippen MR) is 72.0 cm³/mol. The van der Waals surface area contributed by atoms with Crippen LogP contribution < -0.4 is 0 Å². The molecule has 1 rings (SSSR count). The van der Waals surface area contributed by atoms with Gasteiger partial charge in [-0.15, -0.1) is 11.8 Å². The summed E-state index contributed by atoms with van der Waals surface area (Å²) in [4.78, 5) is 25.2. The lowest BCUT2D eigenvalue weighted by molar-refractivity contribution is -0.138. The Kier molecular flexibility index (Phi) is 6.03. The van der Waals surface area contributed by atoms with Gasteiger partial charge in [0.2, 0.25) is 11.8 Å². The molecule has 1 aliphatic rings. The molecule has 1 fully saturated rings. The van der Waals surface area contributed by atoms with Gasteiger partial charge in [0.15, 0.2) is 0 Å². The van der Waals surface area contributed by atoms with E-state index in [0.717, 1.165) is 12.8 Å². The lowest BCUT2D eigenvalue weighted by Gasteiger charge is -2.15. The quantitative estimate of drug-likeness (QED) is 0.520. The first kappa shape index (κ1) is 14.6. The van der Waals surface area contributed by atoms with Crippen LogP contribution in [0.2, 0.25) is 0 Å². The Morgan fingerprint density at radius 3 is 2.59 bits per heavy atom. The molecular formula is C13H23NO2S. The fourth-order valence-electron chi connectivity index (χ4n) is 2.02. The molecule has 1 atom stereocenters. The third-order valence-electron chi connectivity index (χ3n) is 2.87. The summed E-state index contributed by atoms with van der Waals surface area (Å²) in [5.74, 6) is 0.0508. The van der Waals surface area contributed by atoms with Gasteiger partial charge in [-0.2, -0.15) is 0 Å². The van der Waals surface area contributed by atoms with Gasteiger partial charge in [0, 0.05) is 13.0 Å². The maximum absolute atomic E-state index is 12.0. The van der Waals surface area contributed by atoms with Crippen LogP contribution in [0.25, 0.3) is 0 Å². The van der Waals surface area contributed by atoms with Crippen molar-refractivity contribution in [2.24, 2.45) is 0 Å². The summed E-state index contributed by atoms with van der Waals surface area (Å²) >= 11 is 1.61. The van der Waals surface area contributed by atoms with Crippen molar-refractivity contribution in [1.82, 2.24) is 4.90 Å². The smallest absolute Gasteiger partial charge is 0.242 e. The van der Waals surface area contributed by atoms with Gasteiger partial charge < -0.3 is 0 Å². The van der Waals surface area contributed by atoms with Crippen molar-refractivity contribution >= 4 is 23.6 Å². The fraction of sp³-hybridized carbons (Fsp3) is 0.846. The molecule has 0 aromatic heterocycles. The number of likely N-dealkylation sites (tertiary alicyclic amines) is 1. The SMILES string of the molecule is CCCCCCN1C(=O)CC(SC(C)C)C1=O. The van der Waals surface area contributed by atoms with Gasteiger partial charge >= 0.3 is 0 Å². The number of amides is 2. The van der Waals surface area contributed by atoms with E-state index in [1.54, 1.807) is 11.8 Å². The minimum absolute atomic E-state index is 0.0182. The molecule has 1 heterocycles. The highest BCUT2D eigenvalue weighted by Crippen LogP contribution is 2.28. The minimum Gasteiger partial charge on any atom is -0.282 e. The van der Waals surface area contributed by atoms with Crippen molar-refractivity contribution in [3.63, 3.8) is 0 Å². The third kappa shape index (κ3) is 4.34. The number of imide groups is 1. The highest BCUT2D eigenvalue weighted by Gasteiger charge is 2.38. The molecule has 0 spiro atoms. The summed E-state index contributed by atoms with van der Waals surface area (Å²) < 4.78 is 0. The maximum Gasteiger partial charge on any atom is 0.242 e. The first-order chi connectivity index (χ1) is 8.06. The molecule has 0 radical (unpaired) electrons. The maximum atomic E-state index is 12.0. The third-order valence-corrected chi connectivity index (χ3v) is 4.12. The van der Waals surface area contributed by atoms with E-state index in [2.05, 4.69) is 20.8 Å². The fourth-order valence-corrected chi connectivity index (χ4v) is 3.16. The summed E-state index contributed by atoms with van der Waals surface area (Å²) in [6.07, 6.45) is 4.81. The number of hydrogen-bond acceptors (Lipinski definition) is 3. The molecule has 1 unspecified atom stereocenters. The predicted octanol–water partition coefficient (Wildman–Crippen LogP) is 2.84. The Labute approximate surface area is 108 Å². The summed E-state index contributed by atoms with van der Waals surface area (Å²) in [5, 5.41) is 0.269. The second-order valence-electron chi connectivity index (χ2n) is 4.82. The van der Waals surface area contributed by atoms with Gasteiger partial charge in [-0.3, -0.25) is 14.5 Å². The van der Waals surface area contributed by atoms with E-state index < -0.39 is 0 Å². The van der Waals surface area contributed by atoms with Crippen LogP contribution in [-0.4, -0.2) is 33.8 Å². The zero-order valence-corrected chi connectivity index (χ0v) is 11.9. The molecule has 1 saturated heterocycles. The van der Waals surface area contributed by atoms with E-state index in [0.29, 0.717) is 18.2 Å². The van der Waals surface area contributed by atoms with Crippen LogP contribution in [0.4, 0.5) is 0 Å². The largest absolute Gasteiger partial charge is 0.282 e. The van der Waals surface area contributed by atoms with Crippen molar-refractivity contribution in [1.29, 1.82) is 0 Å². The molecule has 4 heteroatoms. The first-order valence-corrected chi connectivity index (χ1v) is 7.50. The van der Waals surface area contributed by atoms with Crippen molar-refractivity contribution in [3.8, 4) is 0 Å². The summed E-state index contributed by atoms with van der Waals surface area (Å²) in [6.45, 7) is 6.90. The molecule has 2 amide bonds. The van der Waals surface area contributed by atoms with Gasteiger partial charge in [0.1, 0.15) is 0 Å². The van der Waals surface area contributed by atoms with E-state index >= 15 is 0 Å². The number of carbonyl (C=O) groups is 2. The van der Waals surface area contributed by atoms with Gasteiger partial charge in [0.05, 0.1) is 5.25 Å². The second kappa shape index (κ2) is 7.04. The number of rotatable bonds is 7. The molecule has 0 aromatic rings. The van der Waals surface area contributed by atoms with Gasteiger partial charge in [-0.1, -0.05) is 40.0 Å². The topological polar surface area (TPSA) is 37.4 Å². The lowest BCUT2D eigenvalue weighted by atomic mass is 10.2. The van der Waals surface area contributed by atoms with Gasteiger partial charge in [-0.05, 0) is 11.7 Å². The zero-order valence-electron chi connectivity index (χ0n) is 11.1. The van der Waals surface area contributed by atoms with E-state index in [1.807, 2.05) is 0 Å². The number of carbonyl (C=O) groups excluding carboxylic acids is 2. The lowest BCUT2D eigenvalue weighted by Crippen LogP contribution is -2.32. The van der Waals surface area contributed by atoms with Crippen LogP contribution in [0, 0.1) is 0 Å². The van der Waals surface area contributed by atoms with Crippen LogP contribution in [0.15, 0.2) is 0 Å². The molecule has 0 N–H and O–H groups in total. The van der Waals surface area contributed by atoms with Crippen molar-refractivity contribution < 1.29 is 9.59 Å². The Morgan fingerprint density at radius 2 is 2.00 bits per heavy atom. The molecular weight excluding hydrogens is 234 g/mol. The second-order valence-corrected chi connectivity index (χ2v) is 6.61. The summed E-state index contributed by atoms with van der Waals surface area (Å²) in [6, 6.07) is 0. The molecule has 0 aromatic carbocycles. The van der Waals surface area contributed by atoms with Crippen LogP contribution in [0.1, 0.15) is 52.9 Å². The Morgan fingerprint density at radius 1 is 1.29 bits per heavy atom. The van der Waals surface area contributed by atoms with E-state index in [9.17, 15) is 9.59 Å². The van der Waals surface area contributed by atoms with Gasteiger partial charge in [-0.25, -0.2) is 0 Å². The highest BCUT2D eigenvalue weighted by molar-refractivity contribution is 8.01. The van der Waals surface area contributed by atoms with Crippen molar-refractivity contribution in [2.45, 2.75) is 63.4 Å². The molecule has 17 heavy (non-hydrogen) atoms. The summed E-state index contributed by atoms with van der Waals surface area (Å²) in [5.41, 5.74) is 0. The Balaban J connectivity index is 2.40. The van der Waals surface area contributed by atoms with E-state index in [4.69, 9.17) is 0 Å². The average Bonchev–Trinajstić information content (AvgIpc) is 2.50. The first-order valence-electron chi connectivity index (χ1n) is 6.56. The molecule has 0 aliphatic carbocycles. The van der Waals surface area contributed by atoms with Crippen LogP contribution >= 0.6 is 11.8 Å². The molecule has 0 bridgehead atoms. The minimum atomic E-state index is -0.131. The number of hydrogen-bond donors (Lipinski definition) is 0. The number of unbranched alkanes of at least 4 members (excludes halogenated alkanes) is 3. The van der Waals surface area contributed by atoms with Gasteiger partial charge in [0.25, 0.3) is 0 Å². The standard InChI is InChI=1S/C13H23NO2S/c1-4-5-6-7-8-14-12(15)9-11(13(14)16)17-10(2)3/h10-11H,4-9H2,1-3H3. The summed E-state index contributed by atoms with van der Waals surface area (Å²) in [7, 11) is 0. The molecule has 3 nitrogen and oxygen atoms in total. The Hall–Kier alpha value is -0.510. The highest BCUT2D eigenvalue weighted by atomic mass is 32.2. The normalized spacial score (nSPS) is 20.7. The number of nitrogens with zero attached hydrogens (tertiary/aromatic N) is 1. The van der Waals surface area contributed by atoms with Crippen LogP contribution in [0.5, 0.6) is 0 Å². The Bertz CT molecular complexity index is 279. The molecule has 0 saturated carbocycles. The van der Waals surface area contributed by atoms with Crippen LogP contribution in [-0.2, 0) is 9.59 Å². The zero-order chi connectivity index (χ0) is 12.8. The van der Waals surface area contributed by atoms with Crippen molar-refractivity contribution in [2.75, 3.05) is 6.54 Å². The number of thioether (sulfide) groups is 1.